The van der Waals surface area contributed by atoms with Gasteiger partial charge in [0, 0.05) is 18.5 Å². The Bertz CT molecular complexity index is 1150. The molecule has 1 amide bonds. The van der Waals surface area contributed by atoms with E-state index in [1.165, 1.54) is 7.11 Å². The van der Waals surface area contributed by atoms with Crippen molar-refractivity contribution in [1.29, 1.82) is 0 Å². The van der Waals surface area contributed by atoms with Crippen LogP contribution in [0.3, 0.4) is 0 Å². The summed E-state index contributed by atoms with van der Waals surface area (Å²) in [7, 11) is 1.32. The summed E-state index contributed by atoms with van der Waals surface area (Å²) in [6.45, 7) is 2.31. The molecule has 0 fully saturated rings. The summed E-state index contributed by atoms with van der Waals surface area (Å²) >= 11 is 0. The lowest BCUT2D eigenvalue weighted by Crippen LogP contribution is -2.43. The molecule has 0 saturated carbocycles. The number of carbonyl (C=O) groups is 3. The second-order valence-corrected chi connectivity index (χ2v) is 7.73. The van der Waals surface area contributed by atoms with E-state index in [9.17, 15) is 14.4 Å². The average Bonchev–Trinajstić information content (AvgIpc) is 3.14. The van der Waals surface area contributed by atoms with Crippen molar-refractivity contribution in [2.45, 2.75) is 25.9 Å². The lowest BCUT2D eigenvalue weighted by Gasteiger charge is -2.25. The Balaban J connectivity index is 1.47. The molecule has 6 heteroatoms. The first-order valence-electron chi connectivity index (χ1n) is 10.3. The van der Waals surface area contributed by atoms with Crippen LogP contribution < -0.4 is 4.74 Å². The highest BCUT2D eigenvalue weighted by molar-refractivity contribution is 6.00. The Morgan fingerprint density at radius 2 is 1.66 bits per heavy atom. The van der Waals surface area contributed by atoms with Crippen LogP contribution in [-0.2, 0) is 22.5 Å². The number of hydrogen-bond donors (Lipinski definition) is 0. The van der Waals surface area contributed by atoms with Crippen molar-refractivity contribution >= 4 is 17.8 Å². The molecular weight excluding hydrogens is 406 g/mol. The number of aryl methyl sites for hydroxylation is 1. The first-order valence-corrected chi connectivity index (χ1v) is 10.3. The fourth-order valence-electron chi connectivity index (χ4n) is 3.76. The third-order valence-corrected chi connectivity index (χ3v) is 5.55. The van der Waals surface area contributed by atoms with E-state index in [0.29, 0.717) is 29.8 Å². The number of rotatable bonds is 6. The topological polar surface area (TPSA) is 72.9 Å². The van der Waals surface area contributed by atoms with Crippen LogP contribution in [0, 0.1) is 6.92 Å². The maximum atomic E-state index is 12.8. The molecule has 1 atom stereocenters. The first-order chi connectivity index (χ1) is 15.5. The normalized spacial score (nSPS) is 13.4. The third-order valence-electron chi connectivity index (χ3n) is 5.55. The van der Waals surface area contributed by atoms with Crippen LogP contribution in [0.5, 0.6) is 5.75 Å². The lowest BCUT2D eigenvalue weighted by atomic mass is 10.0. The summed E-state index contributed by atoms with van der Waals surface area (Å²) in [4.78, 5) is 39.2. The van der Waals surface area contributed by atoms with Gasteiger partial charge in [0.2, 0.25) is 0 Å². The predicted octanol–water partition coefficient (Wildman–Crippen LogP) is 3.95. The molecule has 3 aromatic rings. The minimum Gasteiger partial charge on any atom is -0.467 e. The van der Waals surface area contributed by atoms with Gasteiger partial charge >= 0.3 is 11.9 Å². The van der Waals surface area contributed by atoms with Gasteiger partial charge in [-0.3, -0.25) is 4.79 Å². The number of esters is 2. The second-order valence-electron chi connectivity index (χ2n) is 7.73. The van der Waals surface area contributed by atoms with Gasteiger partial charge in [-0.15, -0.1) is 0 Å². The van der Waals surface area contributed by atoms with Crippen molar-refractivity contribution < 1.29 is 23.9 Å². The molecule has 0 saturated heterocycles. The van der Waals surface area contributed by atoms with Gasteiger partial charge in [0.15, 0.2) is 0 Å². The largest absolute Gasteiger partial charge is 0.467 e. The zero-order valence-corrected chi connectivity index (χ0v) is 17.9. The maximum Gasteiger partial charge on any atom is 0.343 e. The van der Waals surface area contributed by atoms with Crippen molar-refractivity contribution in [3.05, 3.63) is 101 Å². The van der Waals surface area contributed by atoms with Gasteiger partial charge in [0.1, 0.15) is 11.8 Å². The molecule has 4 rings (SSSR count). The Morgan fingerprint density at radius 1 is 0.969 bits per heavy atom. The van der Waals surface area contributed by atoms with Gasteiger partial charge in [-0.1, -0.05) is 48.0 Å². The van der Waals surface area contributed by atoms with E-state index in [-0.39, 0.29) is 5.91 Å². The van der Waals surface area contributed by atoms with Gasteiger partial charge in [-0.05, 0) is 48.4 Å². The molecule has 0 spiro atoms. The number of benzene rings is 3. The molecule has 0 aromatic heterocycles. The summed E-state index contributed by atoms with van der Waals surface area (Å²) in [5, 5.41) is 0. The highest BCUT2D eigenvalue weighted by Gasteiger charge is 2.36. The summed E-state index contributed by atoms with van der Waals surface area (Å²) in [6.07, 6.45) is 0.290. The number of ether oxygens (including phenoxy) is 2. The highest BCUT2D eigenvalue weighted by atomic mass is 16.5. The van der Waals surface area contributed by atoms with Crippen LogP contribution in [-0.4, -0.2) is 35.9 Å². The monoisotopic (exact) mass is 429 g/mol. The zero-order chi connectivity index (χ0) is 22.7. The van der Waals surface area contributed by atoms with Crippen LogP contribution in [0.2, 0.25) is 0 Å². The molecule has 1 aliphatic heterocycles. The molecule has 162 valence electrons. The van der Waals surface area contributed by atoms with Gasteiger partial charge in [-0.25, -0.2) is 9.59 Å². The van der Waals surface area contributed by atoms with E-state index >= 15 is 0 Å². The van der Waals surface area contributed by atoms with E-state index in [1.807, 2.05) is 37.3 Å². The lowest BCUT2D eigenvalue weighted by molar-refractivity contribution is -0.146. The van der Waals surface area contributed by atoms with Gasteiger partial charge in [-0.2, -0.15) is 0 Å². The summed E-state index contributed by atoms with van der Waals surface area (Å²) in [5.41, 5.74) is 3.85. The summed E-state index contributed by atoms with van der Waals surface area (Å²) in [6, 6.07) is 20.6. The van der Waals surface area contributed by atoms with E-state index in [0.717, 1.165) is 16.7 Å². The summed E-state index contributed by atoms with van der Waals surface area (Å²) < 4.78 is 10.4. The minimum atomic E-state index is -0.749. The van der Waals surface area contributed by atoms with Gasteiger partial charge in [0.05, 0.1) is 12.7 Å². The molecule has 0 unspecified atom stereocenters. The molecule has 1 heterocycles. The Hall–Kier alpha value is -3.93. The zero-order valence-electron chi connectivity index (χ0n) is 17.9. The number of carbonyl (C=O) groups excluding carboxylic acids is 3. The molecule has 3 aromatic carbocycles. The smallest absolute Gasteiger partial charge is 0.343 e. The first kappa shape index (κ1) is 21.3. The number of nitrogens with zero attached hydrogens (tertiary/aromatic N) is 1. The average molecular weight is 429 g/mol. The highest BCUT2D eigenvalue weighted by Crippen LogP contribution is 2.26. The standard InChI is InChI=1S/C26H23NO5/c1-17-7-11-19(12-8-17)25(29)32-21-13-9-18(10-14-21)15-23(26(30)31-2)27-16-20-5-3-4-6-22(20)24(27)28/h3-14,23H,15-16H2,1-2H3/t23-/m0/s1. The maximum absolute atomic E-state index is 12.8. The van der Waals surface area contributed by atoms with E-state index in [1.54, 1.807) is 47.4 Å². The number of hydrogen-bond acceptors (Lipinski definition) is 5. The van der Waals surface area contributed by atoms with Crippen LogP contribution in [0.25, 0.3) is 0 Å². The molecule has 0 radical (unpaired) electrons. The third kappa shape index (κ3) is 4.39. The van der Waals surface area contributed by atoms with E-state index in [2.05, 4.69) is 0 Å². The molecule has 1 aliphatic rings. The second kappa shape index (κ2) is 9.06. The molecule has 32 heavy (non-hydrogen) atoms. The Morgan fingerprint density at radius 3 is 2.31 bits per heavy atom. The van der Waals surface area contributed by atoms with Crippen LogP contribution in [0.15, 0.2) is 72.8 Å². The number of amides is 1. The van der Waals surface area contributed by atoms with Crippen molar-refractivity contribution in [1.82, 2.24) is 4.90 Å². The van der Waals surface area contributed by atoms with E-state index in [4.69, 9.17) is 9.47 Å². The molecular formula is C26H23NO5. The Labute approximate surface area is 186 Å². The van der Waals surface area contributed by atoms with Gasteiger partial charge < -0.3 is 14.4 Å². The van der Waals surface area contributed by atoms with Crippen molar-refractivity contribution in [2.24, 2.45) is 0 Å². The molecule has 0 aliphatic carbocycles. The van der Waals surface area contributed by atoms with Crippen molar-refractivity contribution in [3.63, 3.8) is 0 Å². The number of methoxy groups -OCH3 is 1. The molecule has 0 N–H and O–H groups in total. The van der Waals surface area contributed by atoms with Crippen LogP contribution in [0.4, 0.5) is 0 Å². The van der Waals surface area contributed by atoms with E-state index < -0.39 is 18.0 Å². The quantitative estimate of drug-likeness (QED) is 0.438. The SMILES string of the molecule is COC(=O)[C@H](Cc1ccc(OC(=O)c2ccc(C)cc2)cc1)N1Cc2ccccc2C1=O. The molecule has 0 bridgehead atoms. The predicted molar refractivity (Wildman–Crippen MR) is 118 cm³/mol. The van der Waals surface area contributed by atoms with Gasteiger partial charge in [0.25, 0.3) is 5.91 Å². The fraction of sp³-hybridized carbons (Fsp3) is 0.192. The fourth-order valence-corrected chi connectivity index (χ4v) is 3.76. The number of fused-ring (bicyclic) bond motifs is 1. The van der Waals surface area contributed by atoms with Crippen LogP contribution >= 0.6 is 0 Å². The van der Waals surface area contributed by atoms with Crippen LogP contribution in [0.1, 0.15) is 37.4 Å². The Kier molecular flexibility index (Phi) is 6.03. The summed E-state index contributed by atoms with van der Waals surface area (Å²) in [5.74, 6) is -0.690. The minimum absolute atomic E-state index is 0.181. The molecule has 6 nitrogen and oxygen atoms in total. The van der Waals surface area contributed by atoms with Crippen molar-refractivity contribution in [3.8, 4) is 5.75 Å². The van der Waals surface area contributed by atoms with Crippen molar-refractivity contribution in [2.75, 3.05) is 7.11 Å².